The molecule has 0 radical (unpaired) electrons. The van der Waals surface area contributed by atoms with Gasteiger partial charge in [0, 0.05) is 0 Å². The lowest BCUT2D eigenvalue weighted by Crippen LogP contribution is -2.19. The van der Waals surface area contributed by atoms with Crippen LogP contribution in [0, 0.1) is 11.8 Å². The molecule has 0 fully saturated rings. The van der Waals surface area contributed by atoms with Gasteiger partial charge in [0.25, 0.3) is 0 Å². The molecule has 1 heteroatoms. The lowest BCUT2D eigenvalue weighted by Gasteiger charge is -2.11. The third-order valence-corrected chi connectivity index (χ3v) is 1.13. The molecule has 50 valence electrons. The van der Waals surface area contributed by atoms with Crippen LogP contribution in [0.1, 0.15) is 20.3 Å². The Morgan fingerprint density at radius 2 is 2.33 bits per heavy atom. The number of hydrogen-bond donors (Lipinski definition) is 1. The molecule has 0 saturated carbocycles. The van der Waals surface area contributed by atoms with E-state index in [2.05, 4.69) is 18.4 Å². The van der Waals surface area contributed by atoms with Gasteiger partial charge in [-0.05, 0) is 19.4 Å². The molecule has 0 aromatic heterocycles. The maximum Gasteiger partial charge on any atom is 0.122 e. The zero-order chi connectivity index (χ0) is 7.33. The van der Waals surface area contributed by atoms with Gasteiger partial charge in [-0.25, -0.2) is 0 Å². The molecule has 0 aromatic carbocycles. The molecule has 9 heavy (non-hydrogen) atoms. The van der Waals surface area contributed by atoms with Gasteiger partial charge in [-0.1, -0.05) is 25.3 Å². The van der Waals surface area contributed by atoms with E-state index in [1.807, 2.05) is 6.92 Å². The molecule has 0 bridgehead atoms. The number of hydrogen-bond acceptors (Lipinski definition) is 1. The van der Waals surface area contributed by atoms with Crippen LogP contribution in [-0.2, 0) is 0 Å². The van der Waals surface area contributed by atoms with Crippen molar-refractivity contribution in [3.8, 4) is 11.8 Å². The van der Waals surface area contributed by atoms with Crippen molar-refractivity contribution in [2.24, 2.45) is 0 Å². The van der Waals surface area contributed by atoms with Crippen LogP contribution >= 0.6 is 0 Å². The largest absolute Gasteiger partial charge is 0.378 e. The SMILES string of the molecule is C=CC#CC(C)(O)CC. The van der Waals surface area contributed by atoms with Crippen LogP contribution in [0.3, 0.4) is 0 Å². The van der Waals surface area contributed by atoms with Gasteiger partial charge < -0.3 is 5.11 Å². The molecule has 0 spiro atoms. The summed E-state index contributed by atoms with van der Waals surface area (Å²) in [5, 5.41) is 9.23. The van der Waals surface area contributed by atoms with Crippen LogP contribution < -0.4 is 0 Å². The van der Waals surface area contributed by atoms with E-state index >= 15 is 0 Å². The summed E-state index contributed by atoms with van der Waals surface area (Å²) in [7, 11) is 0. The van der Waals surface area contributed by atoms with Crippen LogP contribution in [0.2, 0.25) is 0 Å². The minimum atomic E-state index is -0.839. The Bertz CT molecular complexity index is 146. The Balaban J connectivity index is 3.99. The van der Waals surface area contributed by atoms with Crippen LogP contribution in [0.5, 0.6) is 0 Å². The fourth-order valence-corrected chi connectivity index (χ4v) is 0.295. The summed E-state index contributed by atoms with van der Waals surface area (Å²) in [6.07, 6.45) is 2.12. The molecule has 0 heterocycles. The highest BCUT2D eigenvalue weighted by Gasteiger charge is 2.11. The van der Waals surface area contributed by atoms with Crippen LogP contribution in [-0.4, -0.2) is 10.7 Å². The third-order valence-electron chi connectivity index (χ3n) is 1.13. The van der Waals surface area contributed by atoms with Gasteiger partial charge in [-0.15, -0.1) is 0 Å². The molecule has 0 saturated heterocycles. The molecule has 0 amide bonds. The minimum Gasteiger partial charge on any atom is -0.378 e. The fraction of sp³-hybridized carbons (Fsp3) is 0.500. The molecule has 0 rings (SSSR count). The Kier molecular flexibility index (Phi) is 3.05. The standard InChI is InChI=1S/C8H12O/c1-4-6-7-8(3,9)5-2/h4,9H,1,5H2,2-3H3. The van der Waals surface area contributed by atoms with Crippen molar-refractivity contribution >= 4 is 0 Å². The second-order valence-corrected chi connectivity index (χ2v) is 2.10. The summed E-state index contributed by atoms with van der Waals surface area (Å²) in [5.41, 5.74) is -0.839. The summed E-state index contributed by atoms with van der Waals surface area (Å²) >= 11 is 0. The zero-order valence-electron chi connectivity index (χ0n) is 5.94. The lowest BCUT2D eigenvalue weighted by atomic mass is 10.1. The first-order chi connectivity index (χ1) is 4.12. The van der Waals surface area contributed by atoms with Gasteiger partial charge in [0.05, 0.1) is 0 Å². The summed E-state index contributed by atoms with van der Waals surface area (Å²) in [5.74, 6) is 5.25. The first-order valence-electron chi connectivity index (χ1n) is 2.98. The van der Waals surface area contributed by atoms with E-state index in [1.54, 1.807) is 6.92 Å². The van der Waals surface area contributed by atoms with Crippen molar-refractivity contribution < 1.29 is 5.11 Å². The van der Waals surface area contributed by atoms with Crippen LogP contribution in [0.4, 0.5) is 0 Å². The Labute approximate surface area is 56.4 Å². The van der Waals surface area contributed by atoms with E-state index in [9.17, 15) is 5.11 Å². The Hall–Kier alpha value is -0.740. The van der Waals surface area contributed by atoms with Gasteiger partial charge in [0.1, 0.15) is 5.60 Å². The van der Waals surface area contributed by atoms with Gasteiger partial charge in [-0.3, -0.25) is 0 Å². The summed E-state index contributed by atoms with van der Waals surface area (Å²) in [6.45, 7) is 6.98. The Morgan fingerprint density at radius 3 is 2.67 bits per heavy atom. The highest BCUT2D eigenvalue weighted by Crippen LogP contribution is 2.04. The van der Waals surface area contributed by atoms with E-state index in [0.717, 1.165) is 0 Å². The zero-order valence-corrected chi connectivity index (χ0v) is 5.94. The van der Waals surface area contributed by atoms with Gasteiger partial charge >= 0.3 is 0 Å². The quantitative estimate of drug-likeness (QED) is 0.523. The topological polar surface area (TPSA) is 20.2 Å². The van der Waals surface area contributed by atoms with E-state index < -0.39 is 5.60 Å². The molecule has 1 N–H and O–H groups in total. The second-order valence-electron chi connectivity index (χ2n) is 2.10. The minimum absolute atomic E-state index is 0.647. The monoisotopic (exact) mass is 124 g/mol. The molecule has 0 aliphatic rings. The molecule has 1 unspecified atom stereocenters. The predicted octanol–water partition coefficient (Wildman–Crippen LogP) is 1.34. The number of allylic oxidation sites excluding steroid dienone is 1. The average molecular weight is 124 g/mol. The highest BCUT2D eigenvalue weighted by molar-refractivity contribution is 5.19. The van der Waals surface area contributed by atoms with Crippen molar-refractivity contribution in [3.05, 3.63) is 12.7 Å². The van der Waals surface area contributed by atoms with Crippen molar-refractivity contribution in [3.63, 3.8) is 0 Å². The summed E-state index contributed by atoms with van der Waals surface area (Å²) < 4.78 is 0. The smallest absolute Gasteiger partial charge is 0.122 e. The van der Waals surface area contributed by atoms with Crippen LogP contribution in [0.15, 0.2) is 12.7 Å². The maximum atomic E-state index is 9.23. The van der Waals surface area contributed by atoms with Gasteiger partial charge in [-0.2, -0.15) is 0 Å². The number of aliphatic hydroxyl groups is 1. The Morgan fingerprint density at radius 1 is 1.78 bits per heavy atom. The van der Waals surface area contributed by atoms with Gasteiger partial charge in [0.2, 0.25) is 0 Å². The molecular weight excluding hydrogens is 112 g/mol. The van der Waals surface area contributed by atoms with E-state index in [4.69, 9.17) is 0 Å². The average Bonchev–Trinajstić information content (AvgIpc) is 1.84. The van der Waals surface area contributed by atoms with E-state index in [0.29, 0.717) is 6.42 Å². The van der Waals surface area contributed by atoms with Crippen molar-refractivity contribution in [2.75, 3.05) is 0 Å². The highest BCUT2D eigenvalue weighted by atomic mass is 16.3. The van der Waals surface area contributed by atoms with Crippen LogP contribution in [0.25, 0.3) is 0 Å². The maximum absolute atomic E-state index is 9.23. The molecule has 0 aromatic rings. The summed E-state index contributed by atoms with van der Waals surface area (Å²) in [4.78, 5) is 0. The summed E-state index contributed by atoms with van der Waals surface area (Å²) in [6, 6.07) is 0. The molecule has 0 aliphatic heterocycles. The van der Waals surface area contributed by atoms with Gasteiger partial charge in [0.15, 0.2) is 0 Å². The van der Waals surface area contributed by atoms with Crippen molar-refractivity contribution in [1.29, 1.82) is 0 Å². The molecule has 1 atom stereocenters. The molecule has 1 nitrogen and oxygen atoms in total. The van der Waals surface area contributed by atoms with E-state index in [1.165, 1.54) is 6.08 Å². The van der Waals surface area contributed by atoms with Crippen molar-refractivity contribution in [1.82, 2.24) is 0 Å². The predicted molar refractivity (Wildman–Crippen MR) is 38.9 cm³/mol. The first-order valence-corrected chi connectivity index (χ1v) is 2.98. The normalized spacial score (nSPS) is 15.0. The van der Waals surface area contributed by atoms with Crippen molar-refractivity contribution in [2.45, 2.75) is 25.9 Å². The molecular formula is C8H12O. The second kappa shape index (κ2) is 3.32. The third kappa shape index (κ3) is 3.81. The van der Waals surface area contributed by atoms with E-state index in [-0.39, 0.29) is 0 Å². The first kappa shape index (κ1) is 8.26. The molecule has 0 aliphatic carbocycles. The lowest BCUT2D eigenvalue weighted by molar-refractivity contribution is 0.118. The number of rotatable bonds is 1. The fourth-order valence-electron chi connectivity index (χ4n) is 0.295.